The van der Waals surface area contributed by atoms with Gasteiger partial charge in [0.2, 0.25) is 53.3 Å². The predicted octanol–water partition coefficient (Wildman–Crippen LogP) is -8.96. The second-order valence-electron chi connectivity index (χ2n) is 14.8. The van der Waals surface area contributed by atoms with Gasteiger partial charge in [-0.05, 0) is 31.4 Å². The SMILES string of the molecule is CC(NC(=O)/C=C/c1ccccc1)C(=O)NC[C@@H]1NC(=O)C(C(=O)O)NC(=O)[C@@H](O)CNC(=O)[C@H]([C@@H](C)O)NC(=O)C(C(O)C(O)C(N)=O)NC(=O)[C@H](C(C)C)NC(=O)[C@H](CO)NC1=O. The molecule has 2 rings (SSSR count). The summed E-state index contributed by atoms with van der Waals surface area (Å²) < 4.78 is 0. The van der Waals surface area contributed by atoms with Gasteiger partial charge in [-0.3, -0.25) is 47.9 Å². The number of nitrogens with two attached hydrogens (primary N) is 1. The molecule has 0 bridgehead atoms. The van der Waals surface area contributed by atoms with Gasteiger partial charge >= 0.3 is 5.97 Å². The van der Waals surface area contributed by atoms with Crippen molar-refractivity contribution in [1.82, 2.24) is 47.9 Å². The number of amides is 10. The molecular formula is C38H54N10O17. The summed E-state index contributed by atoms with van der Waals surface area (Å²) in [6.07, 6.45) is -6.69. The second-order valence-corrected chi connectivity index (χ2v) is 14.8. The molecule has 1 aromatic carbocycles. The van der Waals surface area contributed by atoms with Gasteiger partial charge in [-0.15, -0.1) is 0 Å². The number of primary amides is 1. The van der Waals surface area contributed by atoms with E-state index in [1.807, 2.05) is 21.3 Å². The Kier molecular flexibility index (Phi) is 21.0. The van der Waals surface area contributed by atoms with Crippen LogP contribution in [0.2, 0.25) is 0 Å². The predicted molar refractivity (Wildman–Crippen MR) is 219 cm³/mol. The van der Waals surface area contributed by atoms with E-state index in [1.165, 1.54) is 26.8 Å². The zero-order valence-corrected chi connectivity index (χ0v) is 35.3. The molecule has 1 aliphatic heterocycles. The number of aliphatic carboxylic acids is 1. The van der Waals surface area contributed by atoms with E-state index in [0.29, 0.717) is 5.56 Å². The van der Waals surface area contributed by atoms with Gasteiger partial charge in [0.1, 0.15) is 48.5 Å². The maximum Gasteiger partial charge on any atom is 0.336 e. The van der Waals surface area contributed by atoms with Crippen LogP contribution in [-0.2, 0) is 52.7 Å². The summed E-state index contributed by atoms with van der Waals surface area (Å²) in [6.45, 7) is 1.74. The maximum absolute atomic E-state index is 13.7. The van der Waals surface area contributed by atoms with Crippen molar-refractivity contribution >= 4 is 71.1 Å². The summed E-state index contributed by atoms with van der Waals surface area (Å²) in [5.74, 6) is -16.4. The Hall–Kier alpha value is -7.07. The van der Waals surface area contributed by atoms with E-state index in [1.54, 1.807) is 35.6 Å². The van der Waals surface area contributed by atoms with Gasteiger partial charge in [-0.2, -0.15) is 0 Å². The lowest BCUT2D eigenvalue weighted by atomic mass is 9.99. The summed E-state index contributed by atoms with van der Waals surface area (Å²) in [6, 6.07) is -5.50. The molecule has 11 atom stereocenters. The minimum absolute atomic E-state index is 0.658. The Morgan fingerprint density at radius 1 is 0.738 bits per heavy atom. The van der Waals surface area contributed by atoms with Gasteiger partial charge in [-0.25, -0.2) is 4.79 Å². The van der Waals surface area contributed by atoms with Crippen molar-refractivity contribution in [3.8, 4) is 0 Å². The maximum atomic E-state index is 13.7. The summed E-state index contributed by atoms with van der Waals surface area (Å²) in [5.41, 5.74) is 5.72. The minimum atomic E-state index is -2.60. The Morgan fingerprint density at radius 2 is 1.29 bits per heavy atom. The normalized spacial score (nSPS) is 25.3. The van der Waals surface area contributed by atoms with E-state index in [-0.39, 0.29) is 0 Å². The van der Waals surface area contributed by atoms with Crippen molar-refractivity contribution < 1.29 is 83.4 Å². The van der Waals surface area contributed by atoms with Crippen LogP contribution in [0.1, 0.15) is 33.3 Å². The molecule has 5 unspecified atom stereocenters. The number of carbonyl (C=O) groups excluding carboxylic acids is 10. The fraction of sp³-hybridized carbons (Fsp3) is 0.500. The lowest BCUT2D eigenvalue weighted by molar-refractivity contribution is -0.148. The van der Waals surface area contributed by atoms with E-state index < -0.39 is 157 Å². The number of carboxylic acids is 1. The molecule has 27 nitrogen and oxygen atoms in total. The molecule has 0 radical (unpaired) electrons. The Labute approximate surface area is 369 Å². The van der Waals surface area contributed by atoms with Crippen molar-refractivity contribution in [2.24, 2.45) is 11.7 Å². The van der Waals surface area contributed by atoms with Gasteiger partial charge in [0, 0.05) is 12.6 Å². The molecule has 1 fully saturated rings. The molecule has 0 aliphatic carbocycles. The fourth-order valence-electron chi connectivity index (χ4n) is 5.56. The fourth-order valence-corrected chi connectivity index (χ4v) is 5.56. The number of benzene rings is 1. The molecule has 10 amide bonds. The van der Waals surface area contributed by atoms with Crippen molar-refractivity contribution in [2.45, 2.75) is 94.4 Å². The minimum Gasteiger partial charge on any atom is -0.479 e. The first kappa shape index (κ1) is 54.1. The average molecular weight is 923 g/mol. The van der Waals surface area contributed by atoms with Crippen LogP contribution in [0, 0.1) is 5.92 Å². The highest BCUT2D eigenvalue weighted by Crippen LogP contribution is 2.09. The third-order valence-corrected chi connectivity index (χ3v) is 9.32. The first-order valence-corrected chi connectivity index (χ1v) is 19.7. The van der Waals surface area contributed by atoms with E-state index in [4.69, 9.17) is 5.73 Å². The smallest absolute Gasteiger partial charge is 0.336 e. The Morgan fingerprint density at radius 3 is 1.85 bits per heavy atom. The van der Waals surface area contributed by atoms with Crippen molar-refractivity contribution in [3.63, 3.8) is 0 Å². The molecule has 358 valence electrons. The van der Waals surface area contributed by atoms with Crippen molar-refractivity contribution in [3.05, 3.63) is 42.0 Å². The number of carboxylic acid groups (broad SMARTS) is 1. The van der Waals surface area contributed by atoms with Gasteiger partial charge < -0.3 is 84.2 Å². The van der Waals surface area contributed by atoms with E-state index in [9.17, 15) is 83.4 Å². The third kappa shape index (κ3) is 16.5. The molecule has 0 saturated carbocycles. The van der Waals surface area contributed by atoms with Crippen LogP contribution < -0.4 is 53.6 Å². The number of hydrogen-bond acceptors (Lipinski definition) is 16. The highest BCUT2D eigenvalue weighted by Gasteiger charge is 2.41. The van der Waals surface area contributed by atoms with Crippen LogP contribution >= 0.6 is 0 Å². The zero-order valence-electron chi connectivity index (χ0n) is 35.3. The van der Waals surface area contributed by atoms with Crippen LogP contribution in [0.25, 0.3) is 6.08 Å². The van der Waals surface area contributed by atoms with Gasteiger partial charge in [0.15, 0.2) is 6.10 Å². The largest absolute Gasteiger partial charge is 0.479 e. The Bertz CT molecular complexity index is 1970. The highest BCUT2D eigenvalue weighted by molar-refractivity contribution is 6.06. The summed E-state index contributed by atoms with van der Waals surface area (Å²) in [5, 5.41) is 80.2. The van der Waals surface area contributed by atoms with E-state index in [2.05, 4.69) is 21.3 Å². The molecule has 65 heavy (non-hydrogen) atoms. The first-order valence-electron chi connectivity index (χ1n) is 19.7. The molecular weight excluding hydrogens is 868 g/mol. The van der Waals surface area contributed by atoms with Gasteiger partial charge in [0.25, 0.3) is 11.8 Å². The summed E-state index contributed by atoms with van der Waals surface area (Å²) in [4.78, 5) is 143. The standard InChI is InChI=1S/C38H54N10O17/c1-15(2)23-35(61)47-25(27(53)28(54)29(39)55)36(62)46-24(17(4)50)34(60)41-13-21(51)33(59)48-26(38(64)65)37(63)43-19(31(57)44-20(14-49)32(58)45-23)12-40-30(56)16(3)42-22(52)11-10-18-8-6-5-7-9-18/h5-11,15-17,19-21,23-28,49-51,53-54H,12-14H2,1-4H3,(H2,39,55)(H,40,56)(H,41,60)(H,42,52)(H,43,63)(H,44,57)(H,45,58)(H,46,62)(H,47,61)(H,48,59)(H,64,65)/b11-10+/t16?,17-,19+,20+,21+,23+,24+,25?,26?,27?,28?/m1/s1. The van der Waals surface area contributed by atoms with Gasteiger partial charge in [0.05, 0.1) is 19.3 Å². The van der Waals surface area contributed by atoms with Crippen LogP contribution in [0.3, 0.4) is 0 Å². The molecule has 1 aliphatic rings. The lowest BCUT2D eigenvalue weighted by Crippen LogP contribution is -2.66. The monoisotopic (exact) mass is 922 g/mol. The zero-order chi connectivity index (χ0) is 49.3. The van der Waals surface area contributed by atoms with E-state index >= 15 is 0 Å². The van der Waals surface area contributed by atoms with Crippen molar-refractivity contribution in [2.75, 3.05) is 19.7 Å². The number of aliphatic hydroxyl groups is 5. The molecule has 1 saturated heterocycles. The first-order chi connectivity index (χ1) is 30.4. The molecule has 0 spiro atoms. The molecule has 27 heteroatoms. The number of hydrogen-bond donors (Lipinski definition) is 16. The number of β-amino-alcohol motifs (C(OH)–C–C–N with tert-alkyl or cyclic N) is 1. The second kappa shape index (κ2) is 25.3. The topological polar surface area (TPSA) is 443 Å². The molecule has 1 heterocycles. The average Bonchev–Trinajstić information content (AvgIpc) is 3.25. The third-order valence-electron chi connectivity index (χ3n) is 9.32. The van der Waals surface area contributed by atoms with Crippen LogP contribution in [0.15, 0.2) is 36.4 Å². The van der Waals surface area contributed by atoms with Gasteiger partial charge in [-0.1, -0.05) is 44.2 Å². The molecule has 1 aromatic rings. The van der Waals surface area contributed by atoms with Crippen LogP contribution in [0.4, 0.5) is 0 Å². The summed E-state index contributed by atoms with van der Waals surface area (Å²) >= 11 is 0. The van der Waals surface area contributed by atoms with Crippen molar-refractivity contribution in [1.29, 1.82) is 0 Å². The Balaban J connectivity index is 2.57. The number of nitrogens with one attached hydrogen (secondary N) is 9. The molecule has 17 N–H and O–H groups in total. The molecule has 0 aromatic heterocycles. The quantitative estimate of drug-likeness (QED) is 0.0645. The number of rotatable bonds is 13. The van der Waals surface area contributed by atoms with E-state index in [0.717, 1.165) is 13.0 Å². The summed E-state index contributed by atoms with van der Waals surface area (Å²) in [7, 11) is 0. The highest BCUT2D eigenvalue weighted by atomic mass is 16.4. The van der Waals surface area contributed by atoms with Crippen LogP contribution in [-0.4, -0.2) is 182 Å². The number of aliphatic hydroxyl groups excluding tert-OH is 5. The number of carbonyl (C=O) groups is 11. The lowest BCUT2D eigenvalue weighted by Gasteiger charge is -2.31. The van der Waals surface area contributed by atoms with Crippen LogP contribution in [0.5, 0.6) is 0 Å².